The number of hydrogen-bond donors (Lipinski definition) is 0. The second-order valence-corrected chi connectivity index (χ2v) is 52.2. The minimum Gasteiger partial charge on any atom is -0.413 e. The lowest BCUT2D eigenvalue weighted by molar-refractivity contribution is 0.0236. The van der Waals surface area contributed by atoms with Gasteiger partial charge in [-0.15, -0.1) is 22.7 Å². The van der Waals surface area contributed by atoms with Gasteiger partial charge in [0, 0.05) is 63.3 Å². The first-order valence-electron chi connectivity index (χ1n) is 31.6. The van der Waals surface area contributed by atoms with Crippen LogP contribution in [0.2, 0.25) is 36.3 Å². The smallest absolute Gasteiger partial charge is 0.253 e. The van der Waals surface area contributed by atoms with Crippen molar-refractivity contribution in [2.75, 3.05) is 11.5 Å². The van der Waals surface area contributed by atoms with E-state index in [9.17, 15) is 0 Å². The molecule has 8 aromatic rings. The Labute approximate surface area is 536 Å². The topological polar surface area (TPSA) is 111 Å². The van der Waals surface area contributed by atoms with Gasteiger partial charge < -0.3 is 8.85 Å². The third kappa shape index (κ3) is 10.3. The van der Waals surface area contributed by atoms with E-state index in [1.165, 1.54) is 0 Å². The third-order valence-electron chi connectivity index (χ3n) is 23.1. The van der Waals surface area contributed by atoms with Crippen molar-refractivity contribution in [3.05, 3.63) is 170 Å². The lowest BCUT2D eigenvalue weighted by atomic mass is 9.70. The molecule has 4 aliphatic rings. The zero-order chi connectivity index (χ0) is 62.9. The molecule has 2 heterocycles. The van der Waals surface area contributed by atoms with Crippen molar-refractivity contribution in [2.45, 2.75) is 156 Å². The van der Waals surface area contributed by atoms with Crippen LogP contribution in [0.25, 0.3) is 31.3 Å². The van der Waals surface area contributed by atoms with Crippen LogP contribution in [0.5, 0.6) is 0 Å². The predicted octanol–water partition coefficient (Wildman–Crippen LogP) is 17.8. The van der Waals surface area contributed by atoms with Gasteiger partial charge in [0.1, 0.15) is 0 Å². The SMILES string of the molecule is CC1(C)[C@@H]2CC[C@@]1(CS(=O)(=O)N=P(c1ccccc1)(c1ccccc1)c1sc3ccccc3c1-c1c(P(=NS(=O)(=O)C[C@]34CC[C@H](C[C@H]3O[Si](C)(C)C(C)(C)C)C4(C)C)(c3ccccc3)c3ccccc3)sc3ccccc13)[C@H](O[Si](C)(C)C(C)(C)C)C2. The van der Waals surface area contributed by atoms with Crippen molar-refractivity contribution < 1.29 is 25.7 Å². The van der Waals surface area contributed by atoms with E-state index in [2.05, 4.69) is 192 Å². The average Bonchev–Trinajstić information content (AvgIpc) is 1.58. The van der Waals surface area contributed by atoms with Gasteiger partial charge in [0.25, 0.3) is 20.0 Å². The van der Waals surface area contributed by atoms with Crippen LogP contribution in [0.15, 0.2) is 178 Å². The summed E-state index contributed by atoms with van der Waals surface area (Å²) in [5, 5.41) is 5.05. The molecule has 0 N–H and O–H groups in total. The molecular formula is C72H90N2O6P2S4Si2. The number of benzene rings is 6. The minimum absolute atomic E-state index is 0.0692. The molecule has 4 fully saturated rings. The largest absolute Gasteiger partial charge is 0.413 e. The van der Waals surface area contributed by atoms with Crippen molar-refractivity contribution in [3.8, 4) is 11.1 Å². The lowest BCUT2D eigenvalue weighted by Gasteiger charge is -2.47. The van der Waals surface area contributed by atoms with Gasteiger partial charge in [0.15, 0.2) is 16.6 Å². The van der Waals surface area contributed by atoms with E-state index in [1.54, 1.807) is 22.7 Å². The molecule has 0 saturated heterocycles. The molecule has 4 saturated carbocycles. The number of nitrogens with zero attached hydrogens (tertiary/aromatic N) is 2. The van der Waals surface area contributed by atoms with Gasteiger partial charge in [-0.1, -0.05) is 227 Å². The highest BCUT2D eigenvalue weighted by atomic mass is 32.2. The molecule has 6 aromatic carbocycles. The van der Waals surface area contributed by atoms with Gasteiger partial charge >= 0.3 is 0 Å². The average molecular weight is 1330 g/mol. The first kappa shape index (κ1) is 64.1. The predicted molar refractivity (Wildman–Crippen MR) is 384 cm³/mol. The van der Waals surface area contributed by atoms with Crippen LogP contribution in [0.3, 0.4) is 0 Å². The van der Waals surface area contributed by atoms with Crippen molar-refractivity contribution in [3.63, 3.8) is 0 Å². The Hall–Kier alpha value is -4.05. The molecule has 466 valence electrons. The molecule has 0 unspecified atom stereocenters. The number of rotatable bonds is 17. The van der Waals surface area contributed by atoms with Crippen LogP contribution in [0.1, 0.15) is 108 Å². The monoisotopic (exact) mass is 1320 g/mol. The molecule has 4 bridgehead atoms. The fourth-order valence-electron chi connectivity index (χ4n) is 15.8. The highest BCUT2D eigenvalue weighted by molar-refractivity contribution is 8.02. The van der Waals surface area contributed by atoms with Crippen molar-refractivity contribution in [1.29, 1.82) is 0 Å². The fraction of sp³-hybridized carbons (Fsp3) is 0.444. The maximum Gasteiger partial charge on any atom is 0.253 e. The summed E-state index contributed by atoms with van der Waals surface area (Å²) < 4.78 is 96.5. The molecule has 8 nitrogen and oxygen atoms in total. The minimum atomic E-state index is -4.35. The van der Waals surface area contributed by atoms with Gasteiger partial charge in [-0.25, -0.2) is 16.8 Å². The second-order valence-electron chi connectivity index (χ2n) is 30.2. The third-order valence-corrected chi connectivity index (χ3v) is 47.7. The first-order chi connectivity index (χ1) is 41.3. The van der Waals surface area contributed by atoms with E-state index in [4.69, 9.17) is 17.2 Å². The van der Waals surface area contributed by atoms with Crippen molar-refractivity contribution >= 4 is 124 Å². The van der Waals surface area contributed by atoms with E-state index >= 15 is 16.8 Å². The summed E-state index contributed by atoms with van der Waals surface area (Å²) in [5.74, 6) is 0.378. The lowest BCUT2D eigenvalue weighted by Crippen LogP contribution is -2.52. The summed E-state index contributed by atoms with van der Waals surface area (Å²) in [4.78, 5) is 0. The Balaban J connectivity index is 1.18. The van der Waals surface area contributed by atoms with Crippen LogP contribution in [-0.4, -0.2) is 57.2 Å². The standard InChI is InChI=1S/C72H90N2O6P2S4Si2/c1-67(2,3)87(11,12)79-61-47-51-43-45-71(61,69(51,7)8)49-85(75,76)73-81(53-31-19-15-20-32-53,54-33-21-16-22-34-54)65-63(57-39-27-29-41-59(57)83-65)64-58-40-28-30-42-60(58)84-66(64)82(55-35-23-17-24-36-55,56-37-25-18-26-38-56)74-86(77,78)50-72-46-44-52(70(72,9)10)48-62(72)80-88(13,14)68(4,5)6/h15-42,51-52,61-62H,43-50H2,1-14H3/t51-,52-,61-,62-,71-,72-/m1/s1. The molecule has 6 atom stereocenters. The van der Waals surface area contributed by atoms with E-state index in [0.717, 1.165) is 100 Å². The van der Waals surface area contributed by atoms with Crippen LogP contribution in [-0.2, 0) is 28.9 Å². The Kier molecular flexibility index (Phi) is 16.3. The molecule has 12 rings (SSSR count). The molecular weight excluding hydrogens is 1240 g/mol. The molecule has 4 aliphatic carbocycles. The first-order valence-corrected chi connectivity index (χ1v) is 45.8. The van der Waals surface area contributed by atoms with Gasteiger partial charge in [0.05, 0.1) is 47.1 Å². The van der Waals surface area contributed by atoms with Crippen LogP contribution >= 0.6 is 36.8 Å². The summed E-state index contributed by atoms with van der Waals surface area (Å²) in [7, 11) is -20.8. The number of thiophene rings is 2. The molecule has 88 heavy (non-hydrogen) atoms. The Morgan fingerprint density at radius 2 is 0.750 bits per heavy atom. The zero-order valence-corrected chi connectivity index (χ0v) is 61.1. The van der Waals surface area contributed by atoms with Gasteiger partial charge in [0.2, 0.25) is 0 Å². The van der Waals surface area contributed by atoms with E-state index in [1.807, 2.05) is 72.8 Å². The van der Waals surface area contributed by atoms with E-state index in [0.29, 0.717) is 11.8 Å². The van der Waals surface area contributed by atoms with E-state index < -0.39 is 61.6 Å². The molecule has 2 aromatic heterocycles. The molecule has 0 aliphatic heterocycles. The highest BCUT2D eigenvalue weighted by Crippen LogP contribution is 2.70. The molecule has 0 amide bonds. The van der Waals surface area contributed by atoms with Crippen molar-refractivity contribution in [2.24, 2.45) is 41.8 Å². The van der Waals surface area contributed by atoms with Gasteiger partial charge in [-0.2, -0.15) is 8.30 Å². The molecule has 0 radical (unpaired) electrons. The maximum absolute atomic E-state index is 16.6. The van der Waals surface area contributed by atoms with Crippen LogP contribution < -0.4 is 30.5 Å². The van der Waals surface area contributed by atoms with Gasteiger partial charge in [-0.3, -0.25) is 0 Å². The summed E-state index contributed by atoms with van der Waals surface area (Å²) in [6, 6.07) is 57.7. The van der Waals surface area contributed by atoms with Crippen LogP contribution in [0, 0.1) is 33.5 Å². The maximum atomic E-state index is 16.6. The Morgan fingerprint density at radius 1 is 0.466 bits per heavy atom. The van der Waals surface area contributed by atoms with E-state index in [-0.39, 0.29) is 44.6 Å². The number of fused-ring (bicyclic) bond motifs is 6. The normalized spacial score (nSPS) is 23.9. The summed E-state index contributed by atoms with van der Waals surface area (Å²) >= 11 is 3.25. The quantitative estimate of drug-likeness (QED) is 0.0663. The van der Waals surface area contributed by atoms with Crippen LogP contribution in [0.4, 0.5) is 0 Å². The molecule has 16 heteroatoms. The highest BCUT2D eigenvalue weighted by Gasteiger charge is 2.68. The Bertz CT molecular complexity index is 3940. The zero-order valence-electron chi connectivity index (χ0n) is 54.0. The Morgan fingerprint density at radius 3 is 1.03 bits per heavy atom. The molecule has 0 spiro atoms. The summed E-state index contributed by atoms with van der Waals surface area (Å²) in [6.45, 7) is 31.9. The summed E-state index contributed by atoms with van der Waals surface area (Å²) in [5.41, 5.74) is -0.267. The van der Waals surface area contributed by atoms with Gasteiger partial charge in [-0.05, 0) is 110 Å². The fourth-order valence-corrected chi connectivity index (χ4v) is 37.3. The van der Waals surface area contributed by atoms with Crippen molar-refractivity contribution in [1.82, 2.24) is 0 Å². The second kappa shape index (κ2) is 22.3. The summed E-state index contributed by atoms with van der Waals surface area (Å²) in [6.07, 6.45) is 4.60. The number of sulfonamides is 2. The number of hydrogen-bond acceptors (Lipinski definition) is 8.